The molecule has 3 rings (SSSR count). The fraction of sp³-hybridized carbons (Fsp3) is 0.316. The molecule has 2 aromatic carbocycles. The fourth-order valence-electron chi connectivity index (χ4n) is 2.97. The molecule has 0 spiro atoms. The van der Waals surface area contributed by atoms with Crippen molar-refractivity contribution in [3.05, 3.63) is 58.1 Å². The Bertz CT molecular complexity index is 1000. The summed E-state index contributed by atoms with van der Waals surface area (Å²) in [6.45, 7) is 0.0467. The van der Waals surface area contributed by atoms with E-state index in [1.165, 1.54) is 29.6 Å². The molecule has 0 radical (unpaired) electrons. The van der Waals surface area contributed by atoms with E-state index in [1.807, 2.05) is 0 Å². The van der Waals surface area contributed by atoms with Gasteiger partial charge in [0.15, 0.2) is 0 Å². The Hall–Kier alpha value is -1.84. The molecule has 1 heterocycles. The zero-order valence-electron chi connectivity index (χ0n) is 15.5. The minimum atomic E-state index is -3.81. The van der Waals surface area contributed by atoms with E-state index >= 15 is 0 Å². The van der Waals surface area contributed by atoms with Gasteiger partial charge in [-0.2, -0.15) is 4.31 Å². The van der Waals surface area contributed by atoms with Crippen LogP contribution in [0.15, 0.2) is 47.4 Å². The number of hydrogen-bond donors (Lipinski definition) is 1. The zero-order valence-corrected chi connectivity index (χ0v) is 17.8. The molecule has 1 saturated heterocycles. The Labute approximate surface area is 178 Å². The number of halogens is 2. The van der Waals surface area contributed by atoms with Crippen molar-refractivity contribution >= 4 is 39.2 Å². The third-order valence-corrected chi connectivity index (χ3v) is 7.20. The highest BCUT2D eigenvalue weighted by Gasteiger charge is 2.49. The van der Waals surface area contributed by atoms with E-state index in [0.29, 0.717) is 16.3 Å². The van der Waals surface area contributed by atoms with Gasteiger partial charge in [-0.3, -0.25) is 0 Å². The molecule has 29 heavy (non-hydrogen) atoms. The van der Waals surface area contributed by atoms with Gasteiger partial charge in [-0.25, -0.2) is 13.2 Å². The van der Waals surface area contributed by atoms with Crippen LogP contribution in [0.5, 0.6) is 5.75 Å². The molecule has 1 fully saturated rings. The summed E-state index contributed by atoms with van der Waals surface area (Å²) < 4.78 is 37.2. The van der Waals surface area contributed by atoms with Gasteiger partial charge >= 0.3 is 5.97 Å². The second kappa shape index (κ2) is 8.49. The van der Waals surface area contributed by atoms with E-state index < -0.39 is 21.4 Å². The molecule has 2 aromatic rings. The highest BCUT2D eigenvalue weighted by molar-refractivity contribution is 7.89. The van der Waals surface area contributed by atoms with Gasteiger partial charge in [0.2, 0.25) is 10.0 Å². The first kappa shape index (κ1) is 21.9. The normalized spacial score (nSPS) is 16.1. The second-order valence-corrected chi connectivity index (χ2v) is 9.56. The summed E-state index contributed by atoms with van der Waals surface area (Å²) in [5.41, 5.74) is -0.343. The van der Waals surface area contributed by atoms with Crippen molar-refractivity contribution in [3.8, 4) is 5.75 Å². The number of carbonyl (C=O) groups excluding carboxylic acids is 1. The highest BCUT2D eigenvalue weighted by Crippen LogP contribution is 2.37. The molecule has 0 unspecified atom stereocenters. The van der Waals surface area contributed by atoms with Gasteiger partial charge in [0.1, 0.15) is 10.6 Å². The molecule has 10 heteroatoms. The maximum atomic E-state index is 12.8. The fourth-order valence-corrected chi connectivity index (χ4v) is 5.39. The topological polar surface area (TPSA) is 93.1 Å². The van der Waals surface area contributed by atoms with Gasteiger partial charge in [-0.1, -0.05) is 23.2 Å². The number of aliphatic hydroxyl groups excluding tert-OH is 1. The largest absolute Gasteiger partial charge is 0.493 e. The SMILES string of the molecule is COC(=O)c1ccc(OCC2(CO)CN(S(=O)(=O)c3ccc(Cl)cc3Cl)C2)cc1. The van der Waals surface area contributed by atoms with Crippen molar-refractivity contribution in [1.82, 2.24) is 4.31 Å². The third-order valence-electron chi connectivity index (χ3n) is 4.69. The molecule has 0 atom stereocenters. The molecule has 7 nitrogen and oxygen atoms in total. The molecule has 0 saturated carbocycles. The number of methoxy groups -OCH3 is 1. The van der Waals surface area contributed by atoms with Crippen molar-refractivity contribution in [1.29, 1.82) is 0 Å². The lowest BCUT2D eigenvalue weighted by Crippen LogP contribution is -2.62. The van der Waals surface area contributed by atoms with Gasteiger partial charge < -0.3 is 14.6 Å². The molecule has 0 aliphatic carbocycles. The molecule has 0 aromatic heterocycles. The van der Waals surface area contributed by atoms with Gasteiger partial charge in [-0.15, -0.1) is 0 Å². The van der Waals surface area contributed by atoms with Crippen LogP contribution < -0.4 is 4.74 Å². The van der Waals surface area contributed by atoms with Crippen LogP contribution in [0.2, 0.25) is 10.0 Å². The summed E-state index contributed by atoms with van der Waals surface area (Å²) in [6, 6.07) is 10.5. The van der Waals surface area contributed by atoms with E-state index in [0.717, 1.165) is 0 Å². The van der Waals surface area contributed by atoms with E-state index in [-0.39, 0.29) is 36.2 Å². The zero-order chi connectivity index (χ0) is 21.2. The number of benzene rings is 2. The van der Waals surface area contributed by atoms with Crippen LogP contribution in [0.3, 0.4) is 0 Å². The van der Waals surface area contributed by atoms with E-state index in [9.17, 15) is 18.3 Å². The first-order chi connectivity index (χ1) is 13.7. The number of carbonyl (C=O) groups is 1. The van der Waals surface area contributed by atoms with Crippen LogP contribution in [0, 0.1) is 5.41 Å². The summed E-state index contributed by atoms with van der Waals surface area (Å²) >= 11 is 11.9. The van der Waals surface area contributed by atoms with Gasteiger partial charge in [-0.05, 0) is 42.5 Å². The van der Waals surface area contributed by atoms with Crippen molar-refractivity contribution in [3.63, 3.8) is 0 Å². The lowest BCUT2D eigenvalue weighted by Gasteiger charge is -2.47. The molecular formula is C19H19Cl2NO6S. The van der Waals surface area contributed by atoms with Crippen LogP contribution >= 0.6 is 23.2 Å². The Balaban J connectivity index is 1.65. The smallest absolute Gasteiger partial charge is 0.337 e. The maximum Gasteiger partial charge on any atom is 0.337 e. The van der Waals surface area contributed by atoms with Crippen molar-refractivity contribution in [2.45, 2.75) is 4.90 Å². The average molecular weight is 460 g/mol. The molecule has 156 valence electrons. The first-order valence-electron chi connectivity index (χ1n) is 8.58. The molecule has 1 aliphatic heterocycles. The number of sulfonamides is 1. The molecular weight excluding hydrogens is 441 g/mol. The summed E-state index contributed by atoms with van der Waals surface area (Å²) in [4.78, 5) is 11.4. The minimum Gasteiger partial charge on any atom is -0.493 e. The third kappa shape index (κ3) is 4.51. The summed E-state index contributed by atoms with van der Waals surface area (Å²) in [6.07, 6.45) is 0. The van der Waals surface area contributed by atoms with Gasteiger partial charge in [0.05, 0.1) is 36.3 Å². The lowest BCUT2D eigenvalue weighted by molar-refractivity contribution is -0.0272. The number of ether oxygens (including phenoxy) is 2. The molecule has 0 amide bonds. The second-order valence-electron chi connectivity index (χ2n) is 6.81. The van der Waals surface area contributed by atoms with E-state index in [1.54, 1.807) is 24.3 Å². The summed E-state index contributed by atoms with van der Waals surface area (Å²) in [5.74, 6) is 0.0385. The molecule has 1 aliphatic rings. The number of aliphatic hydroxyl groups is 1. The van der Waals surface area contributed by atoms with Crippen LogP contribution in [0.1, 0.15) is 10.4 Å². The van der Waals surface area contributed by atoms with Crippen LogP contribution in [0.25, 0.3) is 0 Å². The average Bonchev–Trinajstić information content (AvgIpc) is 2.66. The Morgan fingerprint density at radius 3 is 2.38 bits per heavy atom. The number of hydrogen-bond acceptors (Lipinski definition) is 6. The monoisotopic (exact) mass is 459 g/mol. The first-order valence-corrected chi connectivity index (χ1v) is 10.8. The van der Waals surface area contributed by atoms with E-state index in [2.05, 4.69) is 4.74 Å². The van der Waals surface area contributed by atoms with Crippen molar-refractivity contribution in [2.75, 3.05) is 33.4 Å². The summed E-state index contributed by atoms with van der Waals surface area (Å²) in [7, 11) is -2.51. The minimum absolute atomic E-state index is 0.0329. The Kier molecular flexibility index (Phi) is 6.40. The van der Waals surface area contributed by atoms with Crippen LogP contribution in [-0.4, -0.2) is 57.2 Å². The summed E-state index contributed by atoms with van der Waals surface area (Å²) in [5, 5.41) is 10.2. The molecule has 0 bridgehead atoms. The van der Waals surface area contributed by atoms with Gasteiger partial charge in [0, 0.05) is 18.1 Å². The van der Waals surface area contributed by atoms with Crippen LogP contribution in [-0.2, 0) is 14.8 Å². The van der Waals surface area contributed by atoms with E-state index in [4.69, 9.17) is 27.9 Å². The molecule has 1 N–H and O–H groups in total. The van der Waals surface area contributed by atoms with Crippen LogP contribution in [0.4, 0.5) is 0 Å². The predicted molar refractivity (Wildman–Crippen MR) is 108 cm³/mol. The maximum absolute atomic E-state index is 12.8. The van der Waals surface area contributed by atoms with Crippen molar-refractivity contribution < 1.29 is 27.8 Å². The Morgan fingerprint density at radius 1 is 1.17 bits per heavy atom. The number of esters is 1. The number of nitrogens with zero attached hydrogens (tertiary/aromatic N) is 1. The van der Waals surface area contributed by atoms with Gasteiger partial charge in [0.25, 0.3) is 0 Å². The Morgan fingerprint density at radius 2 is 1.83 bits per heavy atom. The number of rotatable bonds is 7. The predicted octanol–water partition coefficient (Wildman–Crippen LogP) is 2.84. The standard InChI is InChI=1S/C19H19Cl2NO6S/c1-27-18(24)13-2-5-15(6-3-13)28-12-19(11-23)9-22(10-19)29(25,26)17-7-4-14(20)8-16(17)21/h2-8,23H,9-12H2,1H3. The lowest BCUT2D eigenvalue weighted by atomic mass is 9.83. The highest BCUT2D eigenvalue weighted by atomic mass is 35.5. The van der Waals surface area contributed by atoms with Crippen molar-refractivity contribution in [2.24, 2.45) is 5.41 Å². The quantitative estimate of drug-likeness (QED) is 0.639.